The minimum absolute atomic E-state index is 0.151. The Morgan fingerprint density at radius 2 is 2.32 bits per heavy atom. The molecular formula is C16H24FNO. The molecule has 1 aromatic carbocycles. The van der Waals surface area contributed by atoms with Crippen LogP contribution in [-0.2, 0) is 11.2 Å². The monoisotopic (exact) mass is 265 g/mol. The lowest BCUT2D eigenvalue weighted by Crippen LogP contribution is -2.41. The van der Waals surface area contributed by atoms with E-state index in [0.29, 0.717) is 6.04 Å². The van der Waals surface area contributed by atoms with Crippen molar-refractivity contribution >= 4 is 0 Å². The molecule has 1 saturated heterocycles. The fourth-order valence-corrected chi connectivity index (χ4v) is 2.68. The largest absolute Gasteiger partial charge is 0.377 e. The number of aryl methyl sites for hydroxylation is 1. The molecule has 1 heterocycles. The highest BCUT2D eigenvalue weighted by molar-refractivity contribution is 5.27. The van der Waals surface area contributed by atoms with E-state index < -0.39 is 0 Å². The first-order valence-corrected chi connectivity index (χ1v) is 7.30. The summed E-state index contributed by atoms with van der Waals surface area (Å²) in [7, 11) is 0. The molecule has 2 rings (SSSR count). The standard InChI is InChI=1S/C16H24FNO/c1-3-8-18-15(16-5-4-9-19-16)11-13-10-14(17)7-6-12(13)2/h6-7,10,15-16,18H,3-5,8-9,11H2,1-2H3. The number of halogens is 1. The topological polar surface area (TPSA) is 21.3 Å². The van der Waals surface area contributed by atoms with E-state index in [4.69, 9.17) is 4.74 Å². The zero-order valence-corrected chi connectivity index (χ0v) is 11.9. The van der Waals surface area contributed by atoms with Crippen molar-refractivity contribution in [2.75, 3.05) is 13.2 Å². The highest BCUT2D eigenvalue weighted by Gasteiger charge is 2.26. The van der Waals surface area contributed by atoms with Gasteiger partial charge in [0.1, 0.15) is 5.82 Å². The molecule has 19 heavy (non-hydrogen) atoms. The Morgan fingerprint density at radius 1 is 1.47 bits per heavy atom. The SMILES string of the molecule is CCCNC(Cc1cc(F)ccc1C)C1CCCO1. The first kappa shape index (κ1) is 14.5. The molecule has 2 atom stereocenters. The summed E-state index contributed by atoms with van der Waals surface area (Å²) in [6.07, 6.45) is 4.46. The van der Waals surface area contributed by atoms with Crippen LogP contribution in [0, 0.1) is 12.7 Å². The summed E-state index contributed by atoms with van der Waals surface area (Å²) < 4.78 is 19.2. The van der Waals surface area contributed by atoms with Gasteiger partial charge >= 0.3 is 0 Å². The zero-order valence-electron chi connectivity index (χ0n) is 11.9. The second-order valence-electron chi connectivity index (χ2n) is 5.39. The van der Waals surface area contributed by atoms with E-state index >= 15 is 0 Å². The van der Waals surface area contributed by atoms with Crippen molar-refractivity contribution in [2.24, 2.45) is 0 Å². The first-order chi connectivity index (χ1) is 9.20. The molecule has 1 N–H and O–H groups in total. The molecule has 1 aliphatic heterocycles. The van der Waals surface area contributed by atoms with E-state index in [1.807, 2.05) is 13.0 Å². The van der Waals surface area contributed by atoms with Crippen LogP contribution in [0.4, 0.5) is 4.39 Å². The fourth-order valence-electron chi connectivity index (χ4n) is 2.68. The Hall–Kier alpha value is -0.930. The lowest BCUT2D eigenvalue weighted by atomic mass is 9.96. The van der Waals surface area contributed by atoms with Gasteiger partial charge in [0.15, 0.2) is 0 Å². The van der Waals surface area contributed by atoms with Crippen LogP contribution in [0.3, 0.4) is 0 Å². The highest BCUT2D eigenvalue weighted by Crippen LogP contribution is 2.20. The summed E-state index contributed by atoms with van der Waals surface area (Å²) in [5, 5.41) is 3.56. The second-order valence-corrected chi connectivity index (χ2v) is 5.39. The van der Waals surface area contributed by atoms with Gasteiger partial charge in [-0.2, -0.15) is 0 Å². The highest BCUT2D eigenvalue weighted by atomic mass is 19.1. The summed E-state index contributed by atoms with van der Waals surface area (Å²) in [4.78, 5) is 0. The van der Waals surface area contributed by atoms with Gasteiger partial charge in [0.2, 0.25) is 0 Å². The molecule has 0 bridgehead atoms. The molecule has 0 spiro atoms. The molecule has 0 saturated carbocycles. The van der Waals surface area contributed by atoms with Crippen molar-refractivity contribution in [3.05, 3.63) is 35.1 Å². The van der Waals surface area contributed by atoms with E-state index in [0.717, 1.165) is 50.0 Å². The first-order valence-electron chi connectivity index (χ1n) is 7.30. The van der Waals surface area contributed by atoms with Crippen LogP contribution in [-0.4, -0.2) is 25.3 Å². The van der Waals surface area contributed by atoms with E-state index in [2.05, 4.69) is 12.2 Å². The molecule has 2 nitrogen and oxygen atoms in total. The van der Waals surface area contributed by atoms with Crippen molar-refractivity contribution in [3.63, 3.8) is 0 Å². The quantitative estimate of drug-likeness (QED) is 0.852. The smallest absolute Gasteiger partial charge is 0.123 e. The lowest BCUT2D eigenvalue weighted by Gasteiger charge is -2.25. The summed E-state index contributed by atoms with van der Waals surface area (Å²) in [5.74, 6) is -0.151. The molecule has 2 unspecified atom stereocenters. The van der Waals surface area contributed by atoms with Crippen molar-refractivity contribution in [3.8, 4) is 0 Å². The predicted octanol–water partition coefficient (Wildman–Crippen LogP) is 3.22. The molecule has 0 radical (unpaired) electrons. The Morgan fingerprint density at radius 3 is 3.00 bits per heavy atom. The maximum absolute atomic E-state index is 13.4. The molecule has 1 fully saturated rings. The molecule has 1 aliphatic rings. The molecule has 106 valence electrons. The number of ether oxygens (including phenoxy) is 1. The Bertz CT molecular complexity index is 402. The Labute approximate surface area is 115 Å². The van der Waals surface area contributed by atoms with Gasteiger partial charge in [0, 0.05) is 12.6 Å². The average Bonchev–Trinajstić information content (AvgIpc) is 2.92. The van der Waals surface area contributed by atoms with Crippen molar-refractivity contribution in [1.82, 2.24) is 5.32 Å². The van der Waals surface area contributed by atoms with E-state index in [1.54, 1.807) is 6.07 Å². The van der Waals surface area contributed by atoms with Crippen molar-refractivity contribution < 1.29 is 9.13 Å². The van der Waals surface area contributed by atoms with Crippen LogP contribution in [0.25, 0.3) is 0 Å². The number of nitrogens with one attached hydrogen (secondary N) is 1. The second kappa shape index (κ2) is 7.01. The maximum Gasteiger partial charge on any atom is 0.123 e. The van der Waals surface area contributed by atoms with Crippen LogP contribution in [0.2, 0.25) is 0 Å². The Balaban J connectivity index is 2.07. The van der Waals surface area contributed by atoms with Gasteiger partial charge in [-0.15, -0.1) is 0 Å². The number of benzene rings is 1. The van der Waals surface area contributed by atoms with Crippen LogP contribution in [0.15, 0.2) is 18.2 Å². The van der Waals surface area contributed by atoms with Crippen LogP contribution < -0.4 is 5.32 Å². The molecule has 3 heteroatoms. The van der Waals surface area contributed by atoms with Crippen LogP contribution in [0.5, 0.6) is 0 Å². The number of rotatable bonds is 6. The molecule has 0 aromatic heterocycles. The van der Waals surface area contributed by atoms with Gasteiger partial charge in [0.05, 0.1) is 6.10 Å². The van der Waals surface area contributed by atoms with Gasteiger partial charge in [-0.25, -0.2) is 4.39 Å². The van der Waals surface area contributed by atoms with Crippen LogP contribution >= 0.6 is 0 Å². The minimum Gasteiger partial charge on any atom is -0.377 e. The minimum atomic E-state index is -0.151. The molecule has 1 aromatic rings. The third kappa shape index (κ3) is 4.02. The fraction of sp³-hybridized carbons (Fsp3) is 0.625. The third-order valence-corrected chi connectivity index (χ3v) is 3.82. The van der Waals surface area contributed by atoms with Crippen LogP contribution in [0.1, 0.15) is 37.3 Å². The van der Waals surface area contributed by atoms with Gasteiger partial charge in [-0.1, -0.05) is 13.0 Å². The summed E-state index contributed by atoms with van der Waals surface area (Å²) >= 11 is 0. The predicted molar refractivity (Wildman–Crippen MR) is 75.9 cm³/mol. The van der Waals surface area contributed by atoms with Crippen molar-refractivity contribution in [2.45, 2.75) is 51.7 Å². The molecular weight excluding hydrogens is 241 g/mol. The summed E-state index contributed by atoms with van der Waals surface area (Å²) in [6.45, 7) is 6.05. The van der Waals surface area contributed by atoms with E-state index in [9.17, 15) is 4.39 Å². The lowest BCUT2D eigenvalue weighted by molar-refractivity contribution is 0.0783. The van der Waals surface area contributed by atoms with Gasteiger partial charge in [-0.05, 0) is 62.4 Å². The average molecular weight is 265 g/mol. The normalized spacial score (nSPS) is 20.7. The van der Waals surface area contributed by atoms with Gasteiger partial charge < -0.3 is 10.1 Å². The maximum atomic E-state index is 13.4. The number of hydrogen-bond donors (Lipinski definition) is 1. The van der Waals surface area contributed by atoms with E-state index in [1.165, 1.54) is 6.07 Å². The van der Waals surface area contributed by atoms with Crippen molar-refractivity contribution in [1.29, 1.82) is 0 Å². The van der Waals surface area contributed by atoms with Gasteiger partial charge in [-0.3, -0.25) is 0 Å². The summed E-state index contributed by atoms with van der Waals surface area (Å²) in [6, 6.07) is 5.34. The Kier molecular flexibility index (Phi) is 5.34. The van der Waals surface area contributed by atoms with E-state index in [-0.39, 0.29) is 11.9 Å². The van der Waals surface area contributed by atoms with Gasteiger partial charge in [0.25, 0.3) is 0 Å². The molecule has 0 amide bonds. The molecule has 0 aliphatic carbocycles. The number of hydrogen-bond acceptors (Lipinski definition) is 2. The zero-order chi connectivity index (χ0) is 13.7. The summed E-state index contributed by atoms with van der Waals surface area (Å²) in [5.41, 5.74) is 2.24. The third-order valence-electron chi connectivity index (χ3n) is 3.82.